The van der Waals surface area contributed by atoms with Gasteiger partial charge in [0.1, 0.15) is 22.8 Å². The van der Waals surface area contributed by atoms with Crippen LogP contribution in [0.5, 0.6) is 5.75 Å². The number of ketones is 2. The van der Waals surface area contributed by atoms with E-state index in [2.05, 4.69) is 0 Å². The van der Waals surface area contributed by atoms with Crippen molar-refractivity contribution in [2.24, 2.45) is 23.5 Å². The van der Waals surface area contributed by atoms with Gasteiger partial charge >= 0.3 is 0 Å². The third-order valence-electron chi connectivity index (χ3n) is 6.82. The van der Waals surface area contributed by atoms with Gasteiger partial charge in [-0.15, -0.1) is 0 Å². The summed E-state index contributed by atoms with van der Waals surface area (Å²) < 4.78 is 0. The van der Waals surface area contributed by atoms with Crippen LogP contribution in [0.1, 0.15) is 25.0 Å². The van der Waals surface area contributed by atoms with Gasteiger partial charge in [0.2, 0.25) is 5.78 Å². The second kappa shape index (κ2) is 6.16. The van der Waals surface area contributed by atoms with Crippen molar-refractivity contribution in [1.82, 2.24) is 0 Å². The molecule has 1 aromatic rings. The van der Waals surface area contributed by atoms with Gasteiger partial charge in [0, 0.05) is 11.8 Å². The van der Waals surface area contributed by atoms with Gasteiger partial charge in [-0.05, 0) is 18.6 Å². The van der Waals surface area contributed by atoms with Crippen molar-refractivity contribution in [3.63, 3.8) is 0 Å². The summed E-state index contributed by atoms with van der Waals surface area (Å²) in [6, 6.07) is 3.99. The Bertz CT molecular complexity index is 1130. The Morgan fingerprint density at radius 1 is 1.13 bits per heavy atom. The summed E-state index contributed by atoms with van der Waals surface area (Å²) in [7, 11) is 0. The van der Waals surface area contributed by atoms with Crippen molar-refractivity contribution in [2.75, 3.05) is 0 Å². The van der Waals surface area contributed by atoms with E-state index in [1.165, 1.54) is 32.0 Å². The van der Waals surface area contributed by atoms with E-state index in [0.717, 1.165) is 0 Å². The third-order valence-corrected chi connectivity index (χ3v) is 6.82. The summed E-state index contributed by atoms with van der Waals surface area (Å²) in [5.41, 5.74) is -1.71. The average Bonchev–Trinajstić information content (AvgIpc) is 2.67. The quantitative estimate of drug-likeness (QED) is 0.281. The number of rotatable bonds is 1. The lowest BCUT2D eigenvalue weighted by atomic mass is 9.52. The minimum atomic E-state index is -2.96. The fourth-order valence-electron chi connectivity index (χ4n) is 5.36. The molecule has 1 aromatic carbocycles. The Kier molecular flexibility index (Phi) is 4.18. The molecule has 5 unspecified atom stereocenters. The average molecular weight is 431 g/mol. The van der Waals surface area contributed by atoms with Crippen molar-refractivity contribution in [1.29, 1.82) is 0 Å². The number of hydrogen-bond acceptors (Lipinski definition) is 9. The number of aliphatic hydroxyl groups excluding tert-OH is 3. The van der Waals surface area contributed by atoms with E-state index in [0.29, 0.717) is 0 Å². The third kappa shape index (κ3) is 2.29. The molecule has 3 aliphatic rings. The number of phenols is 1. The van der Waals surface area contributed by atoms with E-state index >= 15 is 0 Å². The number of phenolic OH excluding ortho intramolecular Hbond substituents is 1. The number of aliphatic hydroxyl groups is 5. The van der Waals surface area contributed by atoms with E-state index in [4.69, 9.17) is 5.73 Å². The monoisotopic (exact) mass is 431 g/mol. The predicted octanol–water partition coefficient (Wildman–Crippen LogP) is -0.694. The first-order valence-corrected chi connectivity index (χ1v) is 9.50. The van der Waals surface area contributed by atoms with Crippen molar-refractivity contribution in [2.45, 2.75) is 31.2 Å². The second-order valence-electron chi connectivity index (χ2n) is 8.44. The molecule has 4 rings (SSSR count). The largest absolute Gasteiger partial charge is 0.508 e. The molecule has 8 N–H and O–H groups in total. The molecular formula is C21H21NO9. The molecule has 0 aromatic heterocycles. The predicted molar refractivity (Wildman–Crippen MR) is 103 cm³/mol. The van der Waals surface area contributed by atoms with Gasteiger partial charge in [-0.1, -0.05) is 19.1 Å². The maximum Gasteiger partial charge on any atom is 0.255 e. The van der Waals surface area contributed by atoms with Gasteiger partial charge in [0.25, 0.3) is 5.91 Å². The van der Waals surface area contributed by atoms with Gasteiger partial charge in [-0.2, -0.15) is 0 Å². The Labute approximate surface area is 175 Å². The van der Waals surface area contributed by atoms with Gasteiger partial charge in [-0.25, -0.2) is 0 Å². The topological polar surface area (TPSA) is 199 Å². The maximum absolute atomic E-state index is 13.5. The number of amides is 1. The molecule has 31 heavy (non-hydrogen) atoms. The fourth-order valence-corrected chi connectivity index (χ4v) is 5.36. The summed E-state index contributed by atoms with van der Waals surface area (Å²) in [4.78, 5) is 37.9. The first-order valence-electron chi connectivity index (χ1n) is 9.50. The zero-order valence-corrected chi connectivity index (χ0v) is 16.5. The molecule has 0 bridgehead atoms. The Morgan fingerprint density at radius 2 is 1.74 bits per heavy atom. The van der Waals surface area contributed by atoms with Crippen molar-refractivity contribution in [3.05, 3.63) is 46.2 Å². The summed E-state index contributed by atoms with van der Waals surface area (Å²) >= 11 is 0. The number of aromatic hydroxyl groups is 1. The highest BCUT2D eigenvalue weighted by atomic mass is 16.4. The van der Waals surface area contributed by atoms with E-state index < -0.39 is 80.9 Å². The Morgan fingerprint density at radius 3 is 2.32 bits per heavy atom. The lowest BCUT2D eigenvalue weighted by molar-refractivity contribution is -0.180. The number of hydrogen-bond donors (Lipinski definition) is 7. The van der Waals surface area contributed by atoms with Crippen molar-refractivity contribution in [3.8, 4) is 5.75 Å². The zero-order valence-electron chi connectivity index (χ0n) is 16.5. The number of carbonyl (C=O) groups excluding carboxylic acids is 3. The molecule has 0 saturated heterocycles. The number of Topliss-reactive ketones (excluding diaryl/α,β-unsaturated/α-hetero) is 2. The molecule has 0 radical (unpaired) electrons. The molecule has 0 heterocycles. The van der Waals surface area contributed by atoms with Gasteiger partial charge in [0.15, 0.2) is 11.4 Å². The minimum Gasteiger partial charge on any atom is -0.508 e. The molecule has 0 spiro atoms. The standard InChI is InChI=1S/C21H21NO9/c1-6-12-16(26)13-10(15(25)9-7(20(13,2)30)4-3-5-8(9)23)17(27)21(12,31)18(28)11(14(6)24)19(22)29/h3-6,12-13,16,23,25-26,28,30-31H,1-2H3,(H2,22,29)/t6-,12?,13?,16?,20?,21?/m0/s1. The normalized spacial score (nSPS) is 37.3. The molecule has 1 fully saturated rings. The van der Waals surface area contributed by atoms with Gasteiger partial charge in [0.05, 0.1) is 28.8 Å². The van der Waals surface area contributed by atoms with E-state index in [1.807, 2.05) is 0 Å². The first-order chi connectivity index (χ1) is 14.3. The maximum atomic E-state index is 13.5. The van der Waals surface area contributed by atoms with Crippen LogP contribution in [-0.2, 0) is 20.0 Å². The van der Waals surface area contributed by atoms with Crippen LogP contribution in [0.4, 0.5) is 0 Å². The smallest absolute Gasteiger partial charge is 0.255 e. The fraction of sp³-hybridized carbons (Fsp3) is 0.381. The molecule has 1 saturated carbocycles. The Hall–Kier alpha value is -3.21. The molecule has 10 heteroatoms. The van der Waals surface area contributed by atoms with Crippen LogP contribution < -0.4 is 5.73 Å². The second-order valence-corrected chi connectivity index (χ2v) is 8.44. The highest BCUT2D eigenvalue weighted by Crippen LogP contribution is 2.57. The van der Waals surface area contributed by atoms with Crippen molar-refractivity contribution < 1.29 is 45.0 Å². The summed E-state index contributed by atoms with van der Waals surface area (Å²) in [5, 5.41) is 65.4. The van der Waals surface area contributed by atoms with E-state index in [1.54, 1.807) is 0 Å². The lowest BCUT2D eigenvalue weighted by Gasteiger charge is -2.54. The highest BCUT2D eigenvalue weighted by molar-refractivity contribution is 6.23. The van der Waals surface area contributed by atoms with Crippen LogP contribution in [0, 0.1) is 17.8 Å². The summed E-state index contributed by atoms with van der Waals surface area (Å²) in [5.74, 6) is -10.8. The molecular weight excluding hydrogens is 410 g/mol. The van der Waals surface area contributed by atoms with Crippen LogP contribution in [0.25, 0.3) is 5.76 Å². The molecule has 164 valence electrons. The van der Waals surface area contributed by atoms with Crippen LogP contribution in [-0.4, -0.2) is 59.8 Å². The van der Waals surface area contributed by atoms with E-state index in [-0.39, 0.29) is 11.1 Å². The van der Waals surface area contributed by atoms with E-state index in [9.17, 15) is 45.0 Å². The summed E-state index contributed by atoms with van der Waals surface area (Å²) in [6.07, 6.45) is -1.82. The van der Waals surface area contributed by atoms with Crippen LogP contribution in [0.15, 0.2) is 35.1 Å². The Balaban J connectivity index is 2.09. The zero-order chi connectivity index (χ0) is 23.2. The SMILES string of the molecule is C[C@@H]1C(=O)C(C(N)=O)=C(O)C2(O)C(=O)C3=C(O)c4c(O)cccc4C(C)(O)C3C(O)C12. The molecule has 0 aliphatic heterocycles. The van der Waals surface area contributed by atoms with Crippen molar-refractivity contribution >= 4 is 23.2 Å². The molecule has 6 atom stereocenters. The molecule has 1 amide bonds. The number of nitrogens with two attached hydrogens (primary N) is 1. The molecule has 10 nitrogen and oxygen atoms in total. The van der Waals surface area contributed by atoms with Crippen LogP contribution in [0.2, 0.25) is 0 Å². The summed E-state index contributed by atoms with van der Waals surface area (Å²) in [6.45, 7) is 2.50. The highest BCUT2D eigenvalue weighted by Gasteiger charge is 2.68. The van der Waals surface area contributed by atoms with Crippen LogP contribution in [0.3, 0.4) is 0 Å². The molecule has 3 aliphatic carbocycles. The van der Waals surface area contributed by atoms with Gasteiger partial charge in [-0.3, -0.25) is 14.4 Å². The number of benzene rings is 1. The number of fused-ring (bicyclic) bond motifs is 3. The number of carbonyl (C=O) groups is 3. The van der Waals surface area contributed by atoms with Crippen LogP contribution >= 0.6 is 0 Å². The number of primary amides is 1. The first kappa shape index (κ1) is 21.0. The van der Waals surface area contributed by atoms with Gasteiger partial charge < -0.3 is 36.4 Å². The minimum absolute atomic E-state index is 0.0171. The lowest BCUT2D eigenvalue weighted by Crippen LogP contribution is -2.68.